The second-order valence-corrected chi connectivity index (χ2v) is 6.59. The number of hydrogen-bond acceptors (Lipinski definition) is 4. The Morgan fingerprint density at radius 3 is 2.44 bits per heavy atom. The number of rotatable bonds is 5. The fourth-order valence-corrected chi connectivity index (χ4v) is 2.85. The molecule has 1 saturated heterocycles. The third-order valence-electron chi connectivity index (χ3n) is 4.21. The van der Waals surface area contributed by atoms with Gasteiger partial charge in [-0.25, -0.2) is 4.68 Å². The number of amides is 1. The molecular formula is C16H23F3N4O2. The molecule has 0 saturated carbocycles. The molecule has 9 heteroatoms. The molecule has 0 bridgehead atoms. The van der Waals surface area contributed by atoms with Gasteiger partial charge >= 0.3 is 6.18 Å². The van der Waals surface area contributed by atoms with Crippen LogP contribution in [0.4, 0.5) is 18.9 Å². The second-order valence-electron chi connectivity index (χ2n) is 6.59. The average Bonchev–Trinajstić information content (AvgIpc) is 2.54. The zero-order valence-corrected chi connectivity index (χ0v) is 14.3. The Kier molecular flexibility index (Phi) is 6.07. The molecule has 25 heavy (non-hydrogen) atoms. The van der Waals surface area contributed by atoms with E-state index in [1.165, 1.54) is 26.1 Å². The minimum atomic E-state index is -4.54. The van der Waals surface area contributed by atoms with E-state index in [1.807, 2.05) is 10.2 Å². The van der Waals surface area contributed by atoms with Crippen LogP contribution in [0, 0.1) is 5.92 Å². The van der Waals surface area contributed by atoms with Gasteiger partial charge in [-0.2, -0.15) is 18.3 Å². The Bertz CT molecular complexity index is 652. The molecular weight excluding hydrogens is 337 g/mol. The van der Waals surface area contributed by atoms with E-state index in [4.69, 9.17) is 0 Å². The van der Waals surface area contributed by atoms with Crippen molar-refractivity contribution in [3.05, 3.63) is 22.6 Å². The second kappa shape index (κ2) is 7.88. The Balaban J connectivity index is 2.04. The van der Waals surface area contributed by atoms with Crippen LogP contribution >= 0.6 is 0 Å². The van der Waals surface area contributed by atoms with Crippen molar-refractivity contribution in [3.8, 4) is 0 Å². The van der Waals surface area contributed by atoms with Crippen LogP contribution in [0.3, 0.4) is 0 Å². The first-order chi connectivity index (χ1) is 11.7. The molecule has 0 aliphatic carbocycles. The summed E-state index contributed by atoms with van der Waals surface area (Å²) < 4.78 is 39.6. The minimum absolute atomic E-state index is 0.508. The fourth-order valence-electron chi connectivity index (χ4n) is 2.85. The monoisotopic (exact) mass is 360 g/mol. The van der Waals surface area contributed by atoms with Crippen LogP contribution in [0.25, 0.3) is 0 Å². The maximum atomic E-state index is 12.9. The lowest BCUT2D eigenvalue weighted by Gasteiger charge is -2.28. The van der Waals surface area contributed by atoms with Gasteiger partial charge < -0.3 is 10.2 Å². The molecule has 0 spiro atoms. The summed E-state index contributed by atoms with van der Waals surface area (Å²) in [4.78, 5) is 26.0. The molecule has 1 aliphatic rings. The summed E-state index contributed by atoms with van der Waals surface area (Å²) in [6, 6.07) is -0.585. The number of piperidine rings is 1. The van der Waals surface area contributed by atoms with Gasteiger partial charge in [-0.1, -0.05) is 13.8 Å². The van der Waals surface area contributed by atoms with Gasteiger partial charge in [-0.15, -0.1) is 0 Å². The lowest BCUT2D eigenvalue weighted by molar-refractivity contribution is -0.170. The van der Waals surface area contributed by atoms with E-state index in [-0.39, 0.29) is 0 Å². The Morgan fingerprint density at radius 1 is 1.28 bits per heavy atom. The smallest absolute Gasteiger partial charge is 0.370 e. The molecule has 1 atom stereocenters. The van der Waals surface area contributed by atoms with Crippen LogP contribution in [0.1, 0.15) is 33.1 Å². The number of nitrogens with one attached hydrogen (secondary N) is 1. The highest BCUT2D eigenvalue weighted by Gasteiger charge is 2.42. The van der Waals surface area contributed by atoms with Crippen molar-refractivity contribution in [1.29, 1.82) is 0 Å². The summed E-state index contributed by atoms with van der Waals surface area (Å²) in [6.07, 6.45) is 0.167. The van der Waals surface area contributed by atoms with Crippen LogP contribution < -0.4 is 15.8 Å². The van der Waals surface area contributed by atoms with Gasteiger partial charge in [0.25, 0.3) is 5.56 Å². The van der Waals surface area contributed by atoms with Crippen molar-refractivity contribution < 1.29 is 18.0 Å². The molecule has 1 amide bonds. The number of aromatic nitrogens is 2. The van der Waals surface area contributed by atoms with Crippen LogP contribution in [0.2, 0.25) is 0 Å². The third kappa shape index (κ3) is 5.20. The Morgan fingerprint density at radius 2 is 1.92 bits per heavy atom. The molecule has 0 unspecified atom stereocenters. The quantitative estimate of drug-likeness (QED) is 0.871. The van der Waals surface area contributed by atoms with E-state index in [9.17, 15) is 22.8 Å². The lowest BCUT2D eigenvalue weighted by Crippen LogP contribution is -2.50. The van der Waals surface area contributed by atoms with E-state index in [1.54, 1.807) is 0 Å². The van der Waals surface area contributed by atoms with Gasteiger partial charge in [-0.3, -0.25) is 9.59 Å². The summed E-state index contributed by atoms with van der Waals surface area (Å²) in [7, 11) is 0. The first kappa shape index (κ1) is 19.3. The van der Waals surface area contributed by atoms with Gasteiger partial charge in [0.05, 0.1) is 11.9 Å². The van der Waals surface area contributed by atoms with Crippen molar-refractivity contribution in [2.75, 3.05) is 18.0 Å². The molecule has 1 aromatic rings. The number of carbonyl (C=O) groups excluding carboxylic acids is 1. The highest BCUT2D eigenvalue weighted by molar-refractivity contribution is 5.76. The summed E-state index contributed by atoms with van der Waals surface area (Å²) in [6.45, 7) is 3.88. The molecule has 1 fully saturated rings. The van der Waals surface area contributed by atoms with E-state index in [2.05, 4.69) is 5.10 Å². The Hall–Kier alpha value is -2.06. The van der Waals surface area contributed by atoms with E-state index in [0.717, 1.165) is 37.0 Å². The van der Waals surface area contributed by atoms with Gasteiger partial charge in [-0.05, 0) is 25.2 Å². The topological polar surface area (TPSA) is 67.2 Å². The predicted molar refractivity (Wildman–Crippen MR) is 87.4 cm³/mol. The van der Waals surface area contributed by atoms with Gasteiger partial charge in [0, 0.05) is 19.2 Å². The van der Waals surface area contributed by atoms with Crippen molar-refractivity contribution in [2.45, 2.75) is 51.9 Å². The maximum absolute atomic E-state index is 12.9. The molecule has 2 heterocycles. The van der Waals surface area contributed by atoms with E-state index < -0.39 is 36.1 Å². The molecule has 2 rings (SSSR count). The van der Waals surface area contributed by atoms with Crippen LogP contribution in [-0.4, -0.2) is 41.0 Å². The molecule has 6 nitrogen and oxygen atoms in total. The number of alkyl halides is 3. The van der Waals surface area contributed by atoms with Crippen LogP contribution in [0.15, 0.2) is 17.1 Å². The first-order valence-corrected chi connectivity index (χ1v) is 8.36. The van der Waals surface area contributed by atoms with Gasteiger partial charge in [0.15, 0.2) is 0 Å². The number of carbonyl (C=O) groups is 1. The maximum Gasteiger partial charge on any atom is 0.408 e. The zero-order chi connectivity index (χ0) is 18.6. The summed E-state index contributed by atoms with van der Waals surface area (Å²) in [5.74, 6) is -1.70. The van der Waals surface area contributed by atoms with E-state index >= 15 is 0 Å². The molecule has 1 aromatic heterocycles. The van der Waals surface area contributed by atoms with E-state index in [0.29, 0.717) is 5.69 Å². The number of hydrogen-bond donors (Lipinski definition) is 1. The fraction of sp³-hybridized carbons (Fsp3) is 0.688. The van der Waals surface area contributed by atoms with Crippen molar-refractivity contribution >= 4 is 11.6 Å². The third-order valence-corrected chi connectivity index (χ3v) is 4.21. The number of halogens is 3. The largest absolute Gasteiger partial charge is 0.408 e. The van der Waals surface area contributed by atoms with Gasteiger partial charge in [0.1, 0.15) is 12.6 Å². The summed E-state index contributed by atoms with van der Waals surface area (Å²) in [5, 5.41) is 5.86. The predicted octanol–water partition coefficient (Wildman–Crippen LogP) is 1.94. The van der Waals surface area contributed by atoms with Gasteiger partial charge in [0.2, 0.25) is 5.91 Å². The first-order valence-electron chi connectivity index (χ1n) is 8.36. The summed E-state index contributed by atoms with van der Waals surface area (Å²) >= 11 is 0. The zero-order valence-electron chi connectivity index (χ0n) is 14.3. The lowest BCUT2D eigenvalue weighted by atomic mass is 10.0. The normalized spacial score (nSPS) is 16.8. The SMILES string of the molecule is CC(C)[C@@H](NC(=O)Cn1ncc(N2CCCCC2)cc1=O)C(F)(F)F. The van der Waals surface area contributed by atoms with Crippen molar-refractivity contribution in [3.63, 3.8) is 0 Å². The number of nitrogens with zero attached hydrogens (tertiary/aromatic N) is 3. The standard InChI is InChI=1S/C16H23F3N4O2/c1-11(2)15(16(17,18)19)21-13(24)10-23-14(25)8-12(9-20-23)22-6-4-3-5-7-22/h8-9,11,15H,3-7,10H2,1-2H3,(H,21,24)/t15-/m1/s1. The minimum Gasteiger partial charge on any atom is -0.370 e. The molecule has 0 radical (unpaired) electrons. The Labute approximate surface area is 144 Å². The molecule has 1 N–H and O–H groups in total. The van der Waals surface area contributed by atoms with Crippen molar-refractivity contribution in [2.24, 2.45) is 5.92 Å². The van der Waals surface area contributed by atoms with Crippen LogP contribution in [0.5, 0.6) is 0 Å². The van der Waals surface area contributed by atoms with Crippen LogP contribution in [-0.2, 0) is 11.3 Å². The van der Waals surface area contributed by atoms with Crippen molar-refractivity contribution in [1.82, 2.24) is 15.1 Å². The number of anilines is 1. The molecule has 0 aromatic carbocycles. The molecule has 1 aliphatic heterocycles. The highest BCUT2D eigenvalue weighted by atomic mass is 19.4. The average molecular weight is 360 g/mol. The highest BCUT2D eigenvalue weighted by Crippen LogP contribution is 2.25. The summed E-state index contributed by atoms with van der Waals surface area (Å²) in [5.41, 5.74) is 0.169. The molecule has 140 valence electrons.